The fourth-order valence-electron chi connectivity index (χ4n) is 2.73. The normalized spacial score (nSPS) is 13.8. The van der Waals surface area contributed by atoms with Gasteiger partial charge in [0.2, 0.25) is 0 Å². The summed E-state index contributed by atoms with van der Waals surface area (Å²) in [5.74, 6) is 1.11. The SMILES string of the molecule is Cc1cc(C)c2c(c1)N(C(=O)c1occ(C)c1C)CCO2. The molecule has 0 N–H and O–H groups in total. The van der Waals surface area contributed by atoms with Crippen LogP contribution in [0.1, 0.15) is 32.8 Å². The molecule has 4 nitrogen and oxygen atoms in total. The first-order chi connectivity index (χ1) is 9.99. The molecule has 1 aliphatic rings. The molecular formula is C17H19NO3. The maximum atomic E-state index is 12.8. The number of furan rings is 1. The maximum Gasteiger partial charge on any atom is 0.294 e. The van der Waals surface area contributed by atoms with Gasteiger partial charge in [0.05, 0.1) is 18.5 Å². The third kappa shape index (κ3) is 2.20. The minimum Gasteiger partial charge on any atom is -0.489 e. The van der Waals surface area contributed by atoms with E-state index in [4.69, 9.17) is 9.15 Å². The van der Waals surface area contributed by atoms with Crippen molar-refractivity contribution in [1.29, 1.82) is 0 Å². The highest BCUT2D eigenvalue weighted by molar-refractivity contribution is 6.06. The lowest BCUT2D eigenvalue weighted by molar-refractivity contribution is 0.0949. The van der Waals surface area contributed by atoms with Crippen LogP contribution in [0.3, 0.4) is 0 Å². The minimum atomic E-state index is -0.102. The van der Waals surface area contributed by atoms with E-state index in [1.165, 1.54) is 0 Å². The van der Waals surface area contributed by atoms with Gasteiger partial charge in [-0.25, -0.2) is 0 Å². The van der Waals surface area contributed by atoms with Crippen LogP contribution in [0.2, 0.25) is 0 Å². The molecule has 2 heterocycles. The molecule has 110 valence electrons. The number of anilines is 1. The minimum absolute atomic E-state index is 0.102. The Labute approximate surface area is 124 Å². The van der Waals surface area contributed by atoms with Crippen LogP contribution in [-0.4, -0.2) is 19.1 Å². The van der Waals surface area contributed by atoms with Gasteiger partial charge in [0.25, 0.3) is 5.91 Å². The first-order valence-corrected chi connectivity index (χ1v) is 7.09. The molecular weight excluding hydrogens is 266 g/mol. The standard InChI is InChI=1S/C17H19NO3/c1-10-7-11(2)15-14(8-10)18(5-6-20-15)17(19)16-13(4)12(3)9-21-16/h7-9H,5-6H2,1-4H3. The second-order valence-electron chi connectivity index (χ2n) is 5.61. The lowest BCUT2D eigenvalue weighted by Crippen LogP contribution is -2.38. The van der Waals surface area contributed by atoms with Crippen molar-refractivity contribution in [2.24, 2.45) is 0 Å². The molecule has 1 amide bonds. The van der Waals surface area contributed by atoms with Crippen LogP contribution in [0.4, 0.5) is 5.69 Å². The van der Waals surface area contributed by atoms with Gasteiger partial charge in [-0.3, -0.25) is 9.69 Å². The van der Waals surface area contributed by atoms with Crippen molar-refractivity contribution < 1.29 is 13.9 Å². The number of benzene rings is 1. The van der Waals surface area contributed by atoms with E-state index in [0.717, 1.165) is 33.7 Å². The number of hydrogen-bond donors (Lipinski definition) is 0. The zero-order chi connectivity index (χ0) is 15.1. The molecule has 0 unspecified atom stereocenters. The average Bonchev–Trinajstić information content (AvgIpc) is 2.77. The van der Waals surface area contributed by atoms with Crippen LogP contribution in [0, 0.1) is 27.7 Å². The third-order valence-electron chi connectivity index (χ3n) is 3.98. The topological polar surface area (TPSA) is 42.7 Å². The van der Waals surface area contributed by atoms with Gasteiger partial charge in [0.15, 0.2) is 5.76 Å². The Morgan fingerprint density at radius 3 is 2.57 bits per heavy atom. The van der Waals surface area contributed by atoms with Gasteiger partial charge in [0, 0.05) is 5.56 Å². The van der Waals surface area contributed by atoms with Gasteiger partial charge in [-0.05, 0) is 50.5 Å². The Hall–Kier alpha value is -2.23. The van der Waals surface area contributed by atoms with E-state index in [0.29, 0.717) is 18.9 Å². The first-order valence-electron chi connectivity index (χ1n) is 7.09. The zero-order valence-electron chi connectivity index (χ0n) is 12.8. The third-order valence-corrected chi connectivity index (χ3v) is 3.98. The van der Waals surface area contributed by atoms with E-state index in [-0.39, 0.29) is 5.91 Å². The molecule has 0 aliphatic carbocycles. The van der Waals surface area contributed by atoms with E-state index < -0.39 is 0 Å². The number of carbonyl (C=O) groups excluding carboxylic acids is 1. The second kappa shape index (κ2) is 4.95. The van der Waals surface area contributed by atoms with Crippen LogP contribution in [0.5, 0.6) is 5.75 Å². The lowest BCUT2D eigenvalue weighted by Gasteiger charge is -2.30. The van der Waals surface area contributed by atoms with Crippen molar-refractivity contribution in [2.45, 2.75) is 27.7 Å². The fourth-order valence-corrected chi connectivity index (χ4v) is 2.73. The van der Waals surface area contributed by atoms with Crippen LogP contribution < -0.4 is 9.64 Å². The summed E-state index contributed by atoms with van der Waals surface area (Å²) in [6.07, 6.45) is 1.63. The van der Waals surface area contributed by atoms with Gasteiger partial charge in [0.1, 0.15) is 12.4 Å². The highest BCUT2D eigenvalue weighted by Crippen LogP contribution is 2.37. The van der Waals surface area contributed by atoms with Gasteiger partial charge < -0.3 is 9.15 Å². The Morgan fingerprint density at radius 2 is 1.90 bits per heavy atom. The predicted molar refractivity (Wildman–Crippen MR) is 81.3 cm³/mol. The smallest absolute Gasteiger partial charge is 0.294 e. The number of carbonyl (C=O) groups is 1. The quantitative estimate of drug-likeness (QED) is 0.804. The summed E-state index contributed by atoms with van der Waals surface area (Å²) in [4.78, 5) is 14.5. The van der Waals surface area contributed by atoms with Crippen molar-refractivity contribution in [3.8, 4) is 5.75 Å². The number of fused-ring (bicyclic) bond motifs is 1. The highest BCUT2D eigenvalue weighted by Gasteiger charge is 2.29. The number of rotatable bonds is 1. The van der Waals surface area contributed by atoms with Gasteiger partial charge in [-0.1, -0.05) is 6.07 Å². The van der Waals surface area contributed by atoms with Crippen molar-refractivity contribution in [1.82, 2.24) is 0 Å². The molecule has 2 aromatic rings. The molecule has 0 saturated carbocycles. The van der Waals surface area contributed by atoms with Crippen molar-refractivity contribution >= 4 is 11.6 Å². The summed E-state index contributed by atoms with van der Waals surface area (Å²) in [6.45, 7) is 8.91. The summed E-state index contributed by atoms with van der Waals surface area (Å²) in [6, 6.07) is 4.06. The molecule has 0 spiro atoms. The number of ether oxygens (including phenoxy) is 1. The van der Waals surface area contributed by atoms with Crippen LogP contribution in [0.15, 0.2) is 22.8 Å². The molecule has 4 heteroatoms. The molecule has 1 aromatic heterocycles. The average molecular weight is 285 g/mol. The molecule has 1 aromatic carbocycles. The van der Waals surface area contributed by atoms with Gasteiger partial charge >= 0.3 is 0 Å². The van der Waals surface area contributed by atoms with Crippen LogP contribution in [0.25, 0.3) is 0 Å². The van der Waals surface area contributed by atoms with Gasteiger partial charge in [-0.15, -0.1) is 0 Å². The Morgan fingerprint density at radius 1 is 1.14 bits per heavy atom. The molecule has 0 bridgehead atoms. The van der Waals surface area contributed by atoms with Crippen molar-refractivity contribution in [3.63, 3.8) is 0 Å². The number of nitrogens with zero attached hydrogens (tertiary/aromatic N) is 1. The first kappa shape index (κ1) is 13.7. The number of amides is 1. The zero-order valence-corrected chi connectivity index (χ0v) is 12.8. The van der Waals surface area contributed by atoms with Crippen molar-refractivity contribution in [3.05, 3.63) is 46.4 Å². The van der Waals surface area contributed by atoms with Crippen LogP contribution in [-0.2, 0) is 0 Å². The highest BCUT2D eigenvalue weighted by atomic mass is 16.5. The van der Waals surface area contributed by atoms with Crippen molar-refractivity contribution in [2.75, 3.05) is 18.1 Å². The molecule has 0 radical (unpaired) electrons. The van der Waals surface area contributed by atoms with Crippen LogP contribution >= 0.6 is 0 Å². The Kier molecular flexibility index (Phi) is 3.24. The monoisotopic (exact) mass is 285 g/mol. The molecule has 0 atom stereocenters. The number of aryl methyl sites for hydroxylation is 3. The van der Waals surface area contributed by atoms with E-state index in [9.17, 15) is 4.79 Å². The summed E-state index contributed by atoms with van der Waals surface area (Å²) in [7, 11) is 0. The molecule has 1 aliphatic heterocycles. The summed E-state index contributed by atoms with van der Waals surface area (Å²) in [5.41, 5.74) is 4.89. The van der Waals surface area contributed by atoms with E-state index in [2.05, 4.69) is 6.07 Å². The summed E-state index contributed by atoms with van der Waals surface area (Å²) >= 11 is 0. The largest absolute Gasteiger partial charge is 0.489 e. The summed E-state index contributed by atoms with van der Waals surface area (Å²) < 4.78 is 11.2. The van der Waals surface area contributed by atoms with E-state index >= 15 is 0 Å². The molecule has 0 saturated heterocycles. The second-order valence-corrected chi connectivity index (χ2v) is 5.61. The lowest BCUT2D eigenvalue weighted by atomic mass is 10.1. The summed E-state index contributed by atoms with van der Waals surface area (Å²) in [5, 5.41) is 0. The fraction of sp³-hybridized carbons (Fsp3) is 0.353. The van der Waals surface area contributed by atoms with E-state index in [1.54, 1.807) is 11.2 Å². The molecule has 21 heavy (non-hydrogen) atoms. The van der Waals surface area contributed by atoms with Gasteiger partial charge in [-0.2, -0.15) is 0 Å². The Balaban J connectivity index is 2.06. The predicted octanol–water partition coefficient (Wildman–Crippen LogP) is 3.55. The van der Waals surface area contributed by atoms with E-state index in [1.807, 2.05) is 33.8 Å². The Bertz CT molecular complexity index is 715. The molecule has 0 fully saturated rings. The molecule has 3 rings (SSSR count). The maximum absolute atomic E-state index is 12.8. The number of hydrogen-bond acceptors (Lipinski definition) is 3.